The SMILES string of the molecule is CC(N)C(C)C(=O)Nc1ccc(OCC(F)(F)F)nc1. The molecule has 1 aromatic rings. The van der Waals surface area contributed by atoms with E-state index in [0.29, 0.717) is 5.69 Å². The maximum atomic E-state index is 11.9. The van der Waals surface area contributed by atoms with E-state index in [2.05, 4.69) is 15.0 Å². The summed E-state index contributed by atoms with van der Waals surface area (Å²) < 4.78 is 40.3. The average molecular weight is 291 g/mol. The molecule has 2 atom stereocenters. The number of nitrogens with zero attached hydrogens (tertiary/aromatic N) is 1. The normalized spacial score (nSPS) is 14.5. The summed E-state index contributed by atoms with van der Waals surface area (Å²) in [5.41, 5.74) is 5.95. The van der Waals surface area contributed by atoms with Gasteiger partial charge in [-0.05, 0) is 13.0 Å². The molecule has 1 amide bonds. The number of amides is 1. The van der Waals surface area contributed by atoms with Gasteiger partial charge in [0.1, 0.15) is 0 Å². The summed E-state index contributed by atoms with van der Waals surface area (Å²) in [6.07, 6.45) is -3.20. The van der Waals surface area contributed by atoms with Crippen LogP contribution in [0.15, 0.2) is 18.3 Å². The molecular formula is C12H16F3N3O2. The van der Waals surface area contributed by atoms with Gasteiger partial charge >= 0.3 is 6.18 Å². The van der Waals surface area contributed by atoms with Crippen LogP contribution in [0.25, 0.3) is 0 Å². The Morgan fingerprint density at radius 1 is 1.45 bits per heavy atom. The minimum absolute atomic E-state index is 0.166. The largest absolute Gasteiger partial charge is 0.468 e. The van der Waals surface area contributed by atoms with Gasteiger partial charge in [0.05, 0.1) is 17.8 Å². The van der Waals surface area contributed by atoms with Crippen molar-refractivity contribution in [1.82, 2.24) is 4.98 Å². The number of pyridine rings is 1. The first-order valence-corrected chi connectivity index (χ1v) is 5.91. The Morgan fingerprint density at radius 2 is 2.10 bits per heavy atom. The van der Waals surface area contributed by atoms with Crippen molar-refractivity contribution >= 4 is 11.6 Å². The highest BCUT2D eigenvalue weighted by Gasteiger charge is 2.28. The van der Waals surface area contributed by atoms with Crippen molar-refractivity contribution < 1.29 is 22.7 Å². The van der Waals surface area contributed by atoms with Crippen molar-refractivity contribution in [1.29, 1.82) is 0 Å². The van der Waals surface area contributed by atoms with Crippen LogP contribution in [0.2, 0.25) is 0 Å². The van der Waals surface area contributed by atoms with E-state index in [4.69, 9.17) is 5.73 Å². The van der Waals surface area contributed by atoms with Crippen LogP contribution in [-0.2, 0) is 4.79 Å². The monoisotopic (exact) mass is 291 g/mol. The fourth-order valence-corrected chi connectivity index (χ4v) is 1.19. The summed E-state index contributed by atoms with van der Waals surface area (Å²) in [5.74, 6) is -0.845. The summed E-state index contributed by atoms with van der Waals surface area (Å²) >= 11 is 0. The highest BCUT2D eigenvalue weighted by molar-refractivity contribution is 5.92. The van der Waals surface area contributed by atoms with Gasteiger partial charge in [-0.15, -0.1) is 0 Å². The number of nitrogens with two attached hydrogens (primary N) is 1. The van der Waals surface area contributed by atoms with Crippen LogP contribution in [0.4, 0.5) is 18.9 Å². The highest BCUT2D eigenvalue weighted by atomic mass is 19.4. The molecule has 112 valence electrons. The first kappa shape index (κ1) is 16.2. The third-order valence-electron chi connectivity index (χ3n) is 2.59. The van der Waals surface area contributed by atoms with Gasteiger partial charge in [-0.25, -0.2) is 4.98 Å². The van der Waals surface area contributed by atoms with Gasteiger partial charge in [-0.2, -0.15) is 13.2 Å². The Morgan fingerprint density at radius 3 is 2.55 bits per heavy atom. The Labute approximate surface area is 114 Å². The minimum Gasteiger partial charge on any atom is -0.468 e. The zero-order valence-electron chi connectivity index (χ0n) is 11.1. The van der Waals surface area contributed by atoms with Gasteiger partial charge < -0.3 is 15.8 Å². The number of halogens is 3. The summed E-state index contributed by atoms with van der Waals surface area (Å²) in [4.78, 5) is 15.4. The molecule has 0 fully saturated rings. The summed E-state index contributed by atoms with van der Waals surface area (Å²) in [7, 11) is 0. The lowest BCUT2D eigenvalue weighted by Gasteiger charge is -2.15. The number of alkyl halides is 3. The van der Waals surface area contributed by atoms with Crippen molar-refractivity contribution in [3.63, 3.8) is 0 Å². The molecule has 0 spiro atoms. The van der Waals surface area contributed by atoms with Crippen molar-refractivity contribution in [3.8, 4) is 5.88 Å². The molecule has 0 aliphatic rings. The molecule has 1 rings (SSSR count). The number of ether oxygens (including phenoxy) is 1. The molecule has 20 heavy (non-hydrogen) atoms. The fraction of sp³-hybridized carbons (Fsp3) is 0.500. The average Bonchev–Trinajstić information content (AvgIpc) is 2.36. The van der Waals surface area contributed by atoms with E-state index >= 15 is 0 Å². The van der Waals surface area contributed by atoms with Crippen LogP contribution < -0.4 is 15.8 Å². The Balaban J connectivity index is 2.57. The van der Waals surface area contributed by atoms with Gasteiger partial charge in [0.2, 0.25) is 11.8 Å². The van der Waals surface area contributed by atoms with Gasteiger partial charge in [0, 0.05) is 12.1 Å². The maximum Gasteiger partial charge on any atom is 0.422 e. The predicted octanol–water partition coefficient (Wildman–Crippen LogP) is 1.94. The van der Waals surface area contributed by atoms with Crippen LogP contribution in [0.5, 0.6) is 5.88 Å². The predicted molar refractivity (Wildman–Crippen MR) is 67.2 cm³/mol. The molecule has 2 unspecified atom stereocenters. The van der Waals surface area contributed by atoms with E-state index in [1.54, 1.807) is 13.8 Å². The molecule has 0 aliphatic carbocycles. The van der Waals surface area contributed by atoms with Crippen LogP contribution >= 0.6 is 0 Å². The molecule has 0 aliphatic heterocycles. The highest BCUT2D eigenvalue weighted by Crippen LogP contribution is 2.18. The molecule has 0 saturated heterocycles. The van der Waals surface area contributed by atoms with Crippen LogP contribution in [-0.4, -0.2) is 29.7 Å². The number of hydrogen-bond donors (Lipinski definition) is 2. The summed E-state index contributed by atoms with van der Waals surface area (Å²) in [6.45, 7) is 1.97. The van der Waals surface area contributed by atoms with Crippen LogP contribution in [0, 0.1) is 5.92 Å². The Kier molecular flexibility index (Phi) is 5.32. The zero-order chi connectivity index (χ0) is 15.3. The van der Waals surface area contributed by atoms with Gasteiger partial charge in [0.15, 0.2) is 6.61 Å². The van der Waals surface area contributed by atoms with E-state index in [0.717, 1.165) is 0 Å². The molecule has 0 bridgehead atoms. The number of anilines is 1. The third-order valence-corrected chi connectivity index (χ3v) is 2.59. The smallest absolute Gasteiger partial charge is 0.422 e. The van der Waals surface area contributed by atoms with E-state index in [9.17, 15) is 18.0 Å². The standard InChI is InChI=1S/C12H16F3N3O2/c1-7(8(2)16)11(19)18-9-3-4-10(17-5-9)20-6-12(13,14)15/h3-5,7-8H,6,16H2,1-2H3,(H,18,19). The quantitative estimate of drug-likeness (QED) is 0.869. The topological polar surface area (TPSA) is 77.2 Å². The molecule has 5 nitrogen and oxygen atoms in total. The van der Waals surface area contributed by atoms with E-state index < -0.39 is 18.7 Å². The Bertz CT molecular complexity index is 446. The Hall–Kier alpha value is -1.83. The summed E-state index contributed by atoms with van der Waals surface area (Å²) in [6, 6.07) is 2.35. The summed E-state index contributed by atoms with van der Waals surface area (Å²) in [5, 5.41) is 2.56. The zero-order valence-corrected chi connectivity index (χ0v) is 11.1. The molecule has 1 heterocycles. The van der Waals surface area contributed by atoms with E-state index in [1.807, 2.05) is 0 Å². The molecule has 0 radical (unpaired) electrons. The van der Waals surface area contributed by atoms with Gasteiger partial charge in [-0.1, -0.05) is 6.92 Å². The van der Waals surface area contributed by atoms with Crippen molar-refractivity contribution in [2.45, 2.75) is 26.1 Å². The number of rotatable bonds is 5. The lowest BCUT2D eigenvalue weighted by Crippen LogP contribution is -2.34. The lowest BCUT2D eigenvalue weighted by atomic mass is 10.0. The van der Waals surface area contributed by atoms with Crippen molar-refractivity contribution in [3.05, 3.63) is 18.3 Å². The van der Waals surface area contributed by atoms with Crippen LogP contribution in [0.3, 0.4) is 0 Å². The molecule has 0 aromatic carbocycles. The van der Waals surface area contributed by atoms with Crippen LogP contribution in [0.1, 0.15) is 13.8 Å². The molecule has 3 N–H and O–H groups in total. The second kappa shape index (κ2) is 6.56. The minimum atomic E-state index is -4.42. The molecule has 0 saturated carbocycles. The van der Waals surface area contributed by atoms with Gasteiger partial charge in [-0.3, -0.25) is 4.79 Å². The van der Waals surface area contributed by atoms with E-state index in [1.165, 1.54) is 18.3 Å². The number of carbonyl (C=O) groups is 1. The molecule has 8 heteroatoms. The number of nitrogens with one attached hydrogen (secondary N) is 1. The van der Waals surface area contributed by atoms with E-state index in [-0.39, 0.29) is 17.8 Å². The van der Waals surface area contributed by atoms with Gasteiger partial charge in [0.25, 0.3) is 0 Å². The fourth-order valence-electron chi connectivity index (χ4n) is 1.19. The maximum absolute atomic E-state index is 11.9. The van der Waals surface area contributed by atoms with Crippen molar-refractivity contribution in [2.24, 2.45) is 11.7 Å². The third kappa shape index (κ3) is 5.43. The molecule has 1 aromatic heterocycles. The first-order valence-electron chi connectivity index (χ1n) is 5.91. The lowest BCUT2D eigenvalue weighted by molar-refractivity contribution is -0.154. The number of hydrogen-bond acceptors (Lipinski definition) is 4. The first-order chi connectivity index (χ1) is 9.19. The second-order valence-electron chi connectivity index (χ2n) is 4.43. The van der Waals surface area contributed by atoms with Crippen molar-refractivity contribution in [2.75, 3.05) is 11.9 Å². The number of carbonyl (C=O) groups excluding carboxylic acids is 1. The second-order valence-corrected chi connectivity index (χ2v) is 4.43. The molecular weight excluding hydrogens is 275 g/mol. The number of aromatic nitrogens is 1.